The van der Waals surface area contributed by atoms with Crippen LogP contribution in [0.1, 0.15) is 16.4 Å². The zero-order chi connectivity index (χ0) is 21.2. The van der Waals surface area contributed by atoms with Crippen LogP contribution >= 0.6 is 11.8 Å². The minimum atomic E-state index is -0.560. The number of para-hydroxylation sites is 1. The molecule has 154 valence electrons. The molecule has 0 aliphatic rings. The molecule has 5 nitrogen and oxygen atoms in total. The van der Waals surface area contributed by atoms with Crippen LogP contribution < -0.4 is 10.1 Å². The number of hydrogen-bond donors (Lipinski definition) is 1. The predicted octanol–water partition coefficient (Wildman–Crippen LogP) is 4.39. The number of thioether (sulfide) groups is 1. The summed E-state index contributed by atoms with van der Waals surface area (Å²) in [6, 6.07) is 26.5. The highest BCUT2D eigenvalue weighted by Crippen LogP contribution is 2.36. The largest absolute Gasteiger partial charge is 0.496 e. The SMILES string of the molecule is COc1ccccc1CNC(=O)COC(=O)[C@H](Sc1ccccc1)c1ccccc1. The first-order chi connectivity index (χ1) is 14.7. The van der Waals surface area contributed by atoms with Crippen LogP contribution in [0.4, 0.5) is 0 Å². The van der Waals surface area contributed by atoms with E-state index in [-0.39, 0.29) is 12.5 Å². The Bertz CT molecular complexity index is 963. The second-order valence-electron chi connectivity index (χ2n) is 6.42. The molecule has 1 N–H and O–H groups in total. The number of methoxy groups -OCH3 is 1. The van der Waals surface area contributed by atoms with Gasteiger partial charge in [-0.15, -0.1) is 11.8 Å². The first-order valence-electron chi connectivity index (χ1n) is 9.49. The molecule has 0 spiro atoms. The summed E-state index contributed by atoms with van der Waals surface area (Å²) in [5.41, 5.74) is 1.67. The maximum absolute atomic E-state index is 12.8. The number of amides is 1. The molecule has 30 heavy (non-hydrogen) atoms. The Hall–Kier alpha value is -3.25. The lowest BCUT2D eigenvalue weighted by atomic mass is 10.1. The van der Waals surface area contributed by atoms with Crippen LogP contribution in [0.15, 0.2) is 89.8 Å². The van der Waals surface area contributed by atoms with Crippen molar-refractivity contribution >= 4 is 23.6 Å². The third-order valence-electron chi connectivity index (χ3n) is 4.33. The van der Waals surface area contributed by atoms with Gasteiger partial charge in [-0.05, 0) is 23.8 Å². The van der Waals surface area contributed by atoms with Crippen molar-refractivity contribution in [3.63, 3.8) is 0 Å². The predicted molar refractivity (Wildman–Crippen MR) is 117 cm³/mol. The summed E-state index contributed by atoms with van der Waals surface area (Å²) in [5.74, 6) is -0.133. The summed E-state index contributed by atoms with van der Waals surface area (Å²) in [5, 5.41) is 2.19. The van der Waals surface area contributed by atoms with Gasteiger partial charge in [-0.2, -0.15) is 0 Å². The average Bonchev–Trinajstić information content (AvgIpc) is 2.81. The second kappa shape index (κ2) is 11.1. The van der Waals surface area contributed by atoms with Crippen LogP contribution in [0.5, 0.6) is 5.75 Å². The summed E-state index contributed by atoms with van der Waals surface area (Å²) in [6.45, 7) is -0.0477. The fourth-order valence-corrected chi connectivity index (χ4v) is 3.87. The van der Waals surface area contributed by atoms with E-state index >= 15 is 0 Å². The van der Waals surface area contributed by atoms with Gasteiger partial charge >= 0.3 is 5.97 Å². The standard InChI is InChI=1S/C24H23NO4S/c1-28-21-15-9-8-12-19(21)16-25-22(26)17-29-24(27)23(18-10-4-2-5-11-18)30-20-13-6-3-7-14-20/h2-15,23H,16-17H2,1H3,(H,25,26)/t23-/m1/s1. The Labute approximate surface area is 180 Å². The minimum absolute atomic E-state index is 0.293. The van der Waals surface area contributed by atoms with Crippen LogP contribution in [0.2, 0.25) is 0 Å². The number of hydrogen-bond acceptors (Lipinski definition) is 5. The van der Waals surface area contributed by atoms with Gasteiger partial charge in [0.25, 0.3) is 5.91 Å². The molecule has 1 atom stereocenters. The first-order valence-corrected chi connectivity index (χ1v) is 10.4. The smallest absolute Gasteiger partial charge is 0.324 e. The van der Waals surface area contributed by atoms with Gasteiger partial charge in [0.1, 0.15) is 11.0 Å². The van der Waals surface area contributed by atoms with Crippen LogP contribution in [-0.4, -0.2) is 25.6 Å². The maximum Gasteiger partial charge on any atom is 0.324 e. The van der Waals surface area contributed by atoms with E-state index in [1.807, 2.05) is 84.9 Å². The van der Waals surface area contributed by atoms with E-state index in [1.165, 1.54) is 11.8 Å². The summed E-state index contributed by atoms with van der Waals surface area (Å²) in [6.07, 6.45) is 0. The topological polar surface area (TPSA) is 64.6 Å². The molecule has 0 aliphatic carbocycles. The van der Waals surface area contributed by atoms with E-state index in [0.29, 0.717) is 12.3 Å². The van der Waals surface area contributed by atoms with Crippen molar-refractivity contribution in [2.24, 2.45) is 0 Å². The molecule has 1 amide bonds. The molecule has 0 saturated carbocycles. The Balaban J connectivity index is 1.59. The number of rotatable bonds is 9. The van der Waals surface area contributed by atoms with Gasteiger partial charge in [0, 0.05) is 17.0 Å². The number of nitrogens with one attached hydrogen (secondary N) is 1. The van der Waals surface area contributed by atoms with Crippen LogP contribution in [-0.2, 0) is 20.9 Å². The molecule has 3 aromatic carbocycles. The lowest BCUT2D eigenvalue weighted by Crippen LogP contribution is -2.29. The Morgan fingerprint density at radius 2 is 1.53 bits per heavy atom. The Morgan fingerprint density at radius 3 is 2.23 bits per heavy atom. The van der Waals surface area contributed by atoms with Gasteiger partial charge in [0.2, 0.25) is 0 Å². The van der Waals surface area contributed by atoms with Gasteiger partial charge in [0.05, 0.1) is 7.11 Å². The summed E-state index contributed by atoms with van der Waals surface area (Å²) >= 11 is 1.39. The Kier molecular flexibility index (Phi) is 7.92. The van der Waals surface area contributed by atoms with E-state index in [4.69, 9.17) is 9.47 Å². The molecule has 0 heterocycles. The first kappa shape index (κ1) is 21.5. The Morgan fingerprint density at radius 1 is 0.900 bits per heavy atom. The summed E-state index contributed by atoms with van der Waals surface area (Å²) < 4.78 is 10.6. The number of carbonyl (C=O) groups is 2. The van der Waals surface area contributed by atoms with Gasteiger partial charge in [0.15, 0.2) is 6.61 Å². The van der Waals surface area contributed by atoms with E-state index in [1.54, 1.807) is 7.11 Å². The van der Waals surface area contributed by atoms with E-state index < -0.39 is 11.2 Å². The summed E-state index contributed by atoms with van der Waals surface area (Å²) in [7, 11) is 1.58. The molecule has 6 heteroatoms. The molecule has 0 radical (unpaired) electrons. The van der Waals surface area contributed by atoms with Crippen molar-refractivity contribution in [2.75, 3.05) is 13.7 Å². The number of carbonyl (C=O) groups excluding carboxylic acids is 2. The van der Waals surface area contributed by atoms with Crippen molar-refractivity contribution < 1.29 is 19.1 Å². The number of ether oxygens (including phenoxy) is 2. The molecule has 0 bridgehead atoms. The lowest BCUT2D eigenvalue weighted by molar-refractivity contribution is -0.148. The highest BCUT2D eigenvalue weighted by molar-refractivity contribution is 8.00. The average molecular weight is 422 g/mol. The third-order valence-corrected chi connectivity index (χ3v) is 5.57. The molecule has 3 aromatic rings. The van der Waals surface area contributed by atoms with Crippen molar-refractivity contribution in [2.45, 2.75) is 16.7 Å². The molecule has 0 saturated heterocycles. The zero-order valence-corrected chi connectivity index (χ0v) is 17.4. The fraction of sp³-hybridized carbons (Fsp3) is 0.167. The monoisotopic (exact) mass is 421 g/mol. The number of esters is 1. The van der Waals surface area contributed by atoms with Crippen molar-refractivity contribution in [1.82, 2.24) is 5.32 Å². The van der Waals surface area contributed by atoms with Gasteiger partial charge in [-0.3, -0.25) is 9.59 Å². The molecule has 0 unspecified atom stereocenters. The fourth-order valence-electron chi connectivity index (χ4n) is 2.82. The normalized spacial score (nSPS) is 11.4. The van der Waals surface area contributed by atoms with E-state index in [9.17, 15) is 9.59 Å². The molecular formula is C24H23NO4S. The van der Waals surface area contributed by atoms with E-state index in [2.05, 4.69) is 5.32 Å². The van der Waals surface area contributed by atoms with Gasteiger partial charge in [-0.1, -0.05) is 66.7 Å². The molecule has 0 aliphatic heterocycles. The highest BCUT2D eigenvalue weighted by atomic mass is 32.2. The minimum Gasteiger partial charge on any atom is -0.496 e. The maximum atomic E-state index is 12.8. The van der Waals surface area contributed by atoms with Crippen molar-refractivity contribution in [3.8, 4) is 5.75 Å². The molecule has 0 aromatic heterocycles. The second-order valence-corrected chi connectivity index (χ2v) is 7.60. The number of benzene rings is 3. The van der Waals surface area contributed by atoms with Gasteiger partial charge < -0.3 is 14.8 Å². The van der Waals surface area contributed by atoms with Gasteiger partial charge in [-0.25, -0.2) is 0 Å². The zero-order valence-electron chi connectivity index (χ0n) is 16.6. The van der Waals surface area contributed by atoms with Crippen LogP contribution in [0.25, 0.3) is 0 Å². The van der Waals surface area contributed by atoms with Crippen molar-refractivity contribution in [3.05, 3.63) is 96.1 Å². The van der Waals surface area contributed by atoms with Crippen molar-refractivity contribution in [1.29, 1.82) is 0 Å². The molecular weight excluding hydrogens is 398 g/mol. The van der Waals surface area contributed by atoms with E-state index in [0.717, 1.165) is 16.0 Å². The quantitative estimate of drug-likeness (QED) is 0.410. The van der Waals surface area contributed by atoms with Crippen LogP contribution in [0, 0.1) is 0 Å². The van der Waals surface area contributed by atoms with Crippen LogP contribution in [0.3, 0.4) is 0 Å². The third kappa shape index (κ3) is 6.12. The highest BCUT2D eigenvalue weighted by Gasteiger charge is 2.24. The molecule has 0 fully saturated rings. The molecule has 3 rings (SSSR count). The summed E-state index contributed by atoms with van der Waals surface area (Å²) in [4.78, 5) is 25.9. The lowest BCUT2D eigenvalue weighted by Gasteiger charge is -2.16.